The second-order valence-corrected chi connectivity index (χ2v) is 8.37. The predicted octanol–water partition coefficient (Wildman–Crippen LogP) is 6.77. The number of nitrogens with one attached hydrogen (secondary N) is 4. The van der Waals surface area contributed by atoms with Crippen LogP contribution in [0.5, 0.6) is 0 Å². The van der Waals surface area contributed by atoms with Gasteiger partial charge in [-0.05, 0) is 78.7 Å². The van der Waals surface area contributed by atoms with Crippen molar-refractivity contribution in [3.63, 3.8) is 0 Å². The van der Waals surface area contributed by atoms with Crippen molar-refractivity contribution in [3.8, 4) is 0 Å². The number of urea groups is 1. The van der Waals surface area contributed by atoms with Crippen molar-refractivity contribution in [2.75, 3.05) is 21.3 Å². The summed E-state index contributed by atoms with van der Waals surface area (Å²) < 4.78 is 0. The summed E-state index contributed by atoms with van der Waals surface area (Å²) in [4.78, 5) is 25.7. The number of aryl methyl sites for hydroxylation is 2. The first-order valence-corrected chi connectivity index (χ1v) is 11.5. The zero-order valence-corrected chi connectivity index (χ0v) is 19.9. The van der Waals surface area contributed by atoms with Crippen LogP contribution in [0.15, 0.2) is 91.1 Å². The Kier molecular flexibility index (Phi) is 6.40. The van der Waals surface area contributed by atoms with Gasteiger partial charge in [0, 0.05) is 29.3 Å². The molecule has 0 aliphatic carbocycles. The summed E-state index contributed by atoms with van der Waals surface area (Å²) in [5.41, 5.74) is 3.34. The van der Waals surface area contributed by atoms with Crippen LogP contribution >= 0.6 is 0 Å². The summed E-state index contributed by atoms with van der Waals surface area (Å²) in [5, 5.41) is 14.4. The Hall–Kier alpha value is -4.98. The number of carbonyl (C=O) groups is 1. The molecular formula is C28H25N7O. The van der Waals surface area contributed by atoms with Crippen LogP contribution in [0.4, 0.5) is 39.3 Å². The SMILES string of the molecule is Cc1ccnc(Nc2cc(Nc3ccc(NC(=O)Nc4ccc5ccccc5c4)cc3)nc(C)n2)c1. The molecular weight excluding hydrogens is 450 g/mol. The first-order valence-electron chi connectivity index (χ1n) is 11.5. The van der Waals surface area contributed by atoms with Gasteiger partial charge in [0.2, 0.25) is 0 Å². The molecule has 8 heteroatoms. The Bertz CT molecular complexity index is 1530. The average Bonchev–Trinajstić information content (AvgIpc) is 2.85. The van der Waals surface area contributed by atoms with Crippen LogP contribution in [0.2, 0.25) is 0 Å². The first kappa shape index (κ1) is 22.8. The van der Waals surface area contributed by atoms with Gasteiger partial charge in [0.05, 0.1) is 0 Å². The zero-order valence-electron chi connectivity index (χ0n) is 19.9. The molecule has 8 nitrogen and oxygen atoms in total. The van der Waals surface area contributed by atoms with E-state index < -0.39 is 0 Å². The lowest BCUT2D eigenvalue weighted by Gasteiger charge is -2.11. The van der Waals surface area contributed by atoms with E-state index in [1.807, 2.05) is 98.8 Å². The minimum atomic E-state index is -0.308. The van der Waals surface area contributed by atoms with E-state index in [4.69, 9.17) is 0 Å². The number of hydrogen-bond acceptors (Lipinski definition) is 6. The second kappa shape index (κ2) is 10.1. The van der Waals surface area contributed by atoms with Crippen LogP contribution in [0.3, 0.4) is 0 Å². The summed E-state index contributed by atoms with van der Waals surface area (Å²) >= 11 is 0. The number of fused-ring (bicyclic) bond motifs is 1. The summed E-state index contributed by atoms with van der Waals surface area (Å²) in [5.74, 6) is 2.63. The molecule has 5 rings (SSSR count). The molecule has 2 amide bonds. The van der Waals surface area contributed by atoms with Gasteiger partial charge in [-0.2, -0.15) is 0 Å². The molecule has 0 saturated carbocycles. The van der Waals surface area contributed by atoms with Crippen LogP contribution in [-0.2, 0) is 0 Å². The number of nitrogens with zero attached hydrogens (tertiary/aromatic N) is 3. The molecule has 0 spiro atoms. The molecule has 5 aromatic rings. The predicted molar refractivity (Wildman–Crippen MR) is 145 cm³/mol. The van der Waals surface area contributed by atoms with Crippen LogP contribution in [0.25, 0.3) is 10.8 Å². The molecule has 0 unspecified atom stereocenters. The first-order chi connectivity index (χ1) is 17.5. The van der Waals surface area contributed by atoms with Crippen molar-refractivity contribution in [2.45, 2.75) is 13.8 Å². The van der Waals surface area contributed by atoms with Gasteiger partial charge in [0.15, 0.2) is 0 Å². The standard InChI is InChI=1S/C28H25N7O/c1-18-13-14-29-25(15-18)35-27-17-26(30-19(2)31-27)32-22-9-11-23(12-10-22)33-28(36)34-24-8-7-20-5-3-4-6-21(20)16-24/h3-17H,1-2H3,(H2,33,34,36)(H2,29,30,31,32,35). The summed E-state index contributed by atoms with van der Waals surface area (Å²) in [6.45, 7) is 3.85. The van der Waals surface area contributed by atoms with E-state index in [1.165, 1.54) is 0 Å². The highest BCUT2D eigenvalue weighted by Crippen LogP contribution is 2.22. The molecule has 36 heavy (non-hydrogen) atoms. The maximum absolute atomic E-state index is 12.5. The number of anilines is 6. The van der Waals surface area contributed by atoms with E-state index >= 15 is 0 Å². The lowest BCUT2D eigenvalue weighted by atomic mass is 10.1. The lowest BCUT2D eigenvalue weighted by Crippen LogP contribution is -2.19. The van der Waals surface area contributed by atoms with Gasteiger partial charge in [0.25, 0.3) is 0 Å². The van der Waals surface area contributed by atoms with Crippen molar-refractivity contribution < 1.29 is 4.79 Å². The van der Waals surface area contributed by atoms with Crippen LogP contribution in [0.1, 0.15) is 11.4 Å². The fourth-order valence-corrected chi connectivity index (χ4v) is 3.78. The molecule has 2 heterocycles. The third kappa shape index (κ3) is 5.74. The Balaban J connectivity index is 1.21. The second-order valence-electron chi connectivity index (χ2n) is 8.37. The largest absolute Gasteiger partial charge is 0.340 e. The van der Waals surface area contributed by atoms with Gasteiger partial charge in [-0.25, -0.2) is 19.7 Å². The molecule has 3 aromatic carbocycles. The Labute approximate surface area is 208 Å². The van der Waals surface area contributed by atoms with E-state index in [1.54, 1.807) is 6.20 Å². The van der Waals surface area contributed by atoms with Crippen LogP contribution in [0, 0.1) is 13.8 Å². The molecule has 0 aliphatic rings. The lowest BCUT2D eigenvalue weighted by molar-refractivity contribution is 0.262. The van der Waals surface area contributed by atoms with Crippen LogP contribution in [-0.4, -0.2) is 21.0 Å². The van der Waals surface area contributed by atoms with Crippen LogP contribution < -0.4 is 21.3 Å². The monoisotopic (exact) mass is 475 g/mol. The van der Waals surface area contributed by atoms with Gasteiger partial charge < -0.3 is 21.3 Å². The molecule has 0 fully saturated rings. The van der Waals surface area contributed by atoms with Gasteiger partial charge in [-0.3, -0.25) is 0 Å². The molecule has 2 aromatic heterocycles. The fourth-order valence-electron chi connectivity index (χ4n) is 3.78. The van der Waals surface area contributed by atoms with Gasteiger partial charge >= 0.3 is 6.03 Å². The number of carbonyl (C=O) groups excluding carboxylic acids is 1. The molecule has 0 bridgehead atoms. The average molecular weight is 476 g/mol. The quantitative estimate of drug-likeness (QED) is 0.216. The Morgan fingerprint density at radius 2 is 1.31 bits per heavy atom. The van der Waals surface area contributed by atoms with Gasteiger partial charge in [-0.15, -0.1) is 0 Å². The number of rotatable bonds is 6. The maximum atomic E-state index is 12.5. The summed E-state index contributed by atoms with van der Waals surface area (Å²) in [6, 6.07) is 26.6. The Morgan fingerprint density at radius 3 is 2.08 bits per heavy atom. The van der Waals surface area contributed by atoms with Crippen molar-refractivity contribution in [1.82, 2.24) is 15.0 Å². The number of amides is 2. The van der Waals surface area contributed by atoms with Crippen molar-refractivity contribution in [2.24, 2.45) is 0 Å². The minimum Gasteiger partial charge on any atom is -0.340 e. The summed E-state index contributed by atoms with van der Waals surface area (Å²) in [6.07, 6.45) is 1.75. The third-order valence-corrected chi connectivity index (χ3v) is 5.43. The van der Waals surface area contributed by atoms with E-state index in [0.717, 1.165) is 33.5 Å². The Morgan fingerprint density at radius 1 is 0.639 bits per heavy atom. The van der Waals surface area contributed by atoms with E-state index in [0.29, 0.717) is 23.1 Å². The molecule has 0 saturated heterocycles. The number of pyridine rings is 1. The molecule has 0 radical (unpaired) electrons. The van der Waals surface area contributed by atoms with Crippen molar-refractivity contribution in [3.05, 3.63) is 103 Å². The van der Waals surface area contributed by atoms with Crippen molar-refractivity contribution in [1.29, 1.82) is 0 Å². The normalized spacial score (nSPS) is 10.6. The van der Waals surface area contributed by atoms with E-state index in [2.05, 4.69) is 36.2 Å². The number of benzene rings is 3. The van der Waals surface area contributed by atoms with E-state index in [9.17, 15) is 4.79 Å². The highest BCUT2D eigenvalue weighted by Gasteiger charge is 2.06. The topological polar surface area (TPSA) is 104 Å². The smallest absolute Gasteiger partial charge is 0.323 e. The fraction of sp³-hybridized carbons (Fsp3) is 0.0714. The molecule has 0 atom stereocenters. The molecule has 4 N–H and O–H groups in total. The van der Waals surface area contributed by atoms with Gasteiger partial charge in [-0.1, -0.05) is 30.3 Å². The molecule has 0 aliphatic heterocycles. The number of aromatic nitrogens is 3. The van der Waals surface area contributed by atoms with Crippen molar-refractivity contribution >= 4 is 51.3 Å². The third-order valence-electron chi connectivity index (χ3n) is 5.43. The van der Waals surface area contributed by atoms with E-state index in [-0.39, 0.29) is 6.03 Å². The zero-order chi connectivity index (χ0) is 24.9. The highest BCUT2D eigenvalue weighted by atomic mass is 16.2. The molecule has 178 valence electrons. The van der Waals surface area contributed by atoms with Gasteiger partial charge in [0.1, 0.15) is 23.3 Å². The summed E-state index contributed by atoms with van der Waals surface area (Å²) in [7, 11) is 0. The number of hydrogen-bond donors (Lipinski definition) is 4. The maximum Gasteiger partial charge on any atom is 0.323 e. The minimum absolute atomic E-state index is 0.308. The highest BCUT2D eigenvalue weighted by molar-refractivity contribution is 6.01.